The highest BCUT2D eigenvalue weighted by molar-refractivity contribution is 7.85. The molecule has 0 spiro atoms. The van der Waals surface area contributed by atoms with Crippen molar-refractivity contribution in [2.45, 2.75) is 25.7 Å². The first-order valence-electron chi connectivity index (χ1n) is 13.3. The summed E-state index contributed by atoms with van der Waals surface area (Å²) in [5.74, 6) is 1.05. The number of carbonyl (C=O) groups is 1. The second kappa shape index (κ2) is 10.9. The summed E-state index contributed by atoms with van der Waals surface area (Å²) < 4.78 is 13.8. The van der Waals surface area contributed by atoms with Crippen LogP contribution in [0.4, 0.5) is 28.8 Å². The number of amides is 1. The van der Waals surface area contributed by atoms with E-state index in [2.05, 4.69) is 53.1 Å². The second-order valence-electron chi connectivity index (χ2n) is 11.0. The molecule has 1 fully saturated rings. The number of para-hydroxylation sites is 1. The van der Waals surface area contributed by atoms with Crippen LogP contribution in [0.2, 0.25) is 0 Å². The van der Waals surface area contributed by atoms with Gasteiger partial charge in [0, 0.05) is 74.6 Å². The summed E-state index contributed by atoms with van der Waals surface area (Å²) >= 11 is 0. The molecule has 9 nitrogen and oxygen atoms in total. The smallest absolute Gasteiger partial charge is 0.232 e. The number of hydrogen-bond donors (Lipinski definition) is 1. The van der Waals surface area contributed by atoms with Crippen molar-refractivity contribution in [1.82, 2.24) is 14.9 Å². The van der Waals surface area contributed by atoms with E-state index < -0.39 is 11.0 Å². The molecule has 1 N–H and O–H groups in total. The van der Waals surface area contributed by atoms with E-state index in [0.29, 0.717) is 18.3 Å². The third-order valence-corrected chi connectivity index (χ3v) is 8.63. The number of nitrogens with one attached hydrogen (secondary N) is 1. The first kappa shape index (κ1) is 27.1. The van der Waals surface area contributed by atoms with Gasteiger partial charge in [0.15, 0.2) is 0 Å². The zero-order chi connectivity index (χ0) is 27.7. The van der Waals surface area contributed by atoms with Crippen molar-refractivity contribution in [3.8, 4) is 0 Å². The van der Waals surface area contributed by atoms with Crippen molar-refractivity contribution < 1.29 is 9.00 Å². The molecule has 1 amide bonds. The van der Waals surface area contributed by atoms with Crippen molar-refractivity contribution in [1.29, 1.82) is 0 Å². The van der Waals surface area contributed by atoms with Crippen molar-refractivity contribution >= 4 is 45.7 Å². The highest BCUT2D eigenvalue weighted by Gasteiger charge is 2.40. The Bertz CT molecular complexity index is 1370. The van der Waals surface area contributed by atoms with E-state index in [-0.39, 0.29) is 17.7 Å². The maximum absolute atomic E-state index is 13.6. The predicted molar refractivity (Wildman–Crippen MR) is 159 cm³/mol. The van der Waals surface area contributed by atoms with E-state index in [1.54, 1.807) is 22.5 Å². The molecule has 2 aliphatic rings. The van der Waals surface area contributed by atoms with Crippen molar-refractivity contribution in [3.63, 3.8) is 0 Å². The number of aromatic nitrogens is 2. The molecular formula is C29H37N7O2S. The minimum atomic E-state index is -1.19. The summed E-state index contributed by atoms with van der Waals surface area (Å²) in [7, 11) is 2.74. The van der Waals surface area contributed by atoms with Crippen LogP contribution in [0.3, 0.4) is 0 Å². The Kier molecular flexibility index (Phi) is 7.59. The lowest BCUT2D eigenvalue weighted by Crippen LogP contribution is -2.44. The number of benzene rings is 2. The van der Waals surface area contributed by atoms with Crippen LogP contribution in [0.1, 0.15) is 25.0 Å². The number of anilines is 5. The normalized spacial score (nSPS) is 17.6. The predicted octanol–water partition coefficient (Wildman–Crippen LogP) is 3.57. The number of carbonyl (C=O) groups excluding carboxylic acids is 1. The van der Waals surface area contributed by atoms with E-state index in [4.69, 9.17) is 4.98 Å². The van der Waals surface area contributed by atoms with Crippen molar-refractivity contribution in [2.24, 2.45) is 0 Å². The first-order chi connectivity index (χ1) is 18.6. The van der Waals surface area contributed by atoms with Crippen molar-refractivity contribution in [2.75, 3.05) is 72.5 Å². The molecule has 0 aliphatic carbocycles. The number of likely N-dealkylation sites (N-methyl/N-ethyl adjacent to an activating group) is 1. The lowest BCUT2D eigenvalue weighted by molar-refractivity contribution is -0.118. The molecule has 3 heterocycles. The van der Waals surface area contributed by atoms with Gasteiger partial charge in [-0.05, 0) is 42.9 Å². The molecule has 1 unspecified atom stereocenters. The van der Waals surface area contributed by atoms with Gasteiger partial charge >= 0.3 is 0 Å². The summed E-state index contributed by atoms with van der Waals surface area (Å²) in [6.45, 7) is 8.91. The molecule has 1 saturated heterocycles. The monoisotopic (exact) mass is 547 g/mol. The summed E-state index contributed by atoms with van der Waals surface area (Å²) in [5, 5.41) is 3.32. The van der Waals surface area contributed by atoms with Crippen LogP contribution < -0.4 is 19.4 Å². The van der Waals surface area contributed by atoms with Gasteiger partial charge in [-0.25, -0.2) is 9.19 Å². The summed E-state index contributed by atoms with van der Waals surface area (Å²) in [5.41, 5.74) is 4.41. The van der Waals surface area contributed by atoms with Crippen LogP contribution >= 0.6 is 0 Å². The maximum Gasteiger partial charge on any atom is 0.232 e. The van der Waals surface area contributed by atoms with Gasteiger partial charge in [0.2, 0.25) is 11.9 Å². The molecule has 206 valence electrons. The molecule has 2 aliphatic heterocycles. The summed E-state index contributed by atoms with van der Waals surface area (Å²) in [4.78, 5) is 29.5. The second-order valence-corrected chi connectivity index (χ2v) is 12.4. The summed E-state index contributed by atoms with van der Waals surface area (Å²) in [6.07, 6.45) is 3.65. The standard InChI is InChI=1S/C29H37N7O2S/c1-29(2)20-36(26(37)18-21-8-6-7-9-25(21)34(4)39(5)38)27-24(29)19-30-28(32-27)31-22-10-12-23(13-11-22)35-16-14-33(3)15-17-35/h6-13,19H,14-18,20H2,1-5H3,(H,30,31,32). The van der Waals surface area contributed by atoms with Crippen LogP contribution in [0.5, 0.6) is 0 Å². The highest BCUT2D eigenvalue weighted by atomic mass is 32.2. The largest absolute Gasteiger partial charge is 0.369 e. The molecule has 2 aromatic carbocycles. The van der Waals surface area contributed by atoms with Crippen LogP contribution in [-0.2, 0) is 27.6 Å². The van der Waals surface area contributed by atoms with Gasteiger partial charge in [0.05, 0.1) is 12.1 Å². The van der Waals surface area contributed by atoms with E-state index >= 15 is 0 Å². The Morgan fingerprint density at radius 1 is 1.08 bits per heavy atom. The van der Waals surface area contributed by atoms with Gasteiger partial charge < -0.3 is 15.1 Å². The third kappa shape index (κ3) is 5.77. The number of hydrogen-bond acceptors (Lipinski definition) is 7. The first-order valence-corrected chi connectivity index (χ1v) is 14.8. The zero-order valence-electron chi connectivity index (χ0n) is 23.3. The molecular weight excluding hydrogens is 510 g/mol. The molecule has 0 bridgehead atoms. The number of fused-ring (bicyclic) bond motifs is 1. The van der Waals surface area contributed by atoms with Gasteiger partial charge in [-0.2, -0.15) is 4.98 Å². The average Bonchev–Trinajstić information content (AvgIpc) is 3.19. The van der Waals surface area contributed by atoms with Gasteiger partial charge in [0.1, 0.15) is 16.8 Å². The molecule has 10 heteroatoms. The molecule has 0 radical (unpaired) electrons. The van der Waals surface area contributed by atoms with Crippen LogP contribution in [-0.4, -0.2) is 78.1 Å². The zero-order valence-corrected chi connectivity index (χ0v) is 24.2. The topological polar surface area (TPSA) is 84.9 Å². The van der Waals surface area contributed by atoms with Gasteiger partial charge in [-0.15, -0.1) is 0 Å². The fourth-order valence-corrected chi connectivity index (χ4v) is 5.65. The van der Waals surface area contributed by atoms with Crippen LogP contribution in [0.15, 0.2) is 54.7 Å². The third-order valence-electron chi connectivity index (χ3n) is 7.66. The number of piperazine rings is 1. The van der Waals surface area contributed by atoms with Crippen molar-refractivity contribution in [3.05, 3.63) is 65.9 Å². The highest BCUT2D eigenvalue weighted by Crippen LogP contribution is 2.40. The Balaban J connectivity index is 1.34. The average molecular weight is 548 g/mol. The fraction of sp³-hybridized carbons (Fsp3) is 0.414. The molecule has 5 rings (SSSR count). The summed E-state index contributed by atoms with van der Waals surface area (Å²) in [6, 6.07) is 15.9. The van der Waals surface area contributed by atoms with Crippen LogP contribution in [0.25, 0.3) is 0 Å². The van der Waals surface area contributed by atoms with Gasteiger partial charge in [0.25, 0.3) is 0 Å². The van der Waals surface area contributed by atoms with Gasteiger partial charge in [-0.3, -0.25) is 14.0 Å². The van der Waals surface area contributed by atoms with Gasteiger partial charge in [-0.1, -0.05) is 32.0 Å². The number of rotatable bonds is 7. The minimum Gasteiger partial charge on any atom is -0.369 e. The quantitative estimate of drug-likeness (QED) is 0.484. The van der Waals surface area contributed by atoms with Crippen LogP contribution in [0, 0.1) is 0 Å². The molecule has 1 atom stereocenters. The SMILES string of the molecule is CN1CCN(c2ccc(Nc3ncc4c(n3)N(C(=O)Cc3ccccc3N(C)S(C)=O)CC4(C)C)cc2)CC1. The Hall–Kier alpha value is -3.50. The van der Waals surface area contributed by atoms with E-state index in [1.165, 1.54) is 5.69 Å². The van der Waals surface area contributed by atoms with E-state index in [9.17, 15) is 9.00 Å². The van der Waals surface area contributed by atoms with E-state index in [0.717, 1.165) is 48.7 Å². The molecule has 0 saturated carbocycles. The van der Waals surface area contributed by atoms with E-state index in [1.807, 2.05) is 42.6 Å². The minimum absolute atomic E-state index is 0.0502. The molecule has 1 aromatic heterocycles. The Morgan fingerprint density at radius 3 is 2.46 bits per heavy atom. The Labute approximate surface area is 233 Å². The lowest BCUT2D eigenvalue weighted by atomic mass is 9.89. The molecule has 39 heavy (non-hydrogen) atoms. The number of nitrogens with zero attached hydrogens (tertiary/aromatic N) is 6. The maximum atomic E-state index is 13.6. The molecule has 3 aromatic rings. The fourth-order valence-electron chi connectivity index (χ4n) is 5.19. The lowest BCUT2D eigenvalue weighted by Gasteiger charge is -2.34. The Morgan fingerprint density at radius 2 is 1.77 bits per heavy atom.